The van der Waals surface area contributed by atoms with Crippen molar-refractivity contribution in [2.75, 3.05) is 6.54 Å². The van der Waals surface area contributed by atoms with E-state index in [1.807, 2.05) is 49.1 Å². The van der Waals surface area contributed by atoms with Crippen molar-refractivity contribution in [2.45, 2.75) is 58.2 Å². The zero-order valence-electron chi connectivity index (χ0n) is 18.6. The quantitative estimate of drug-likeness (QED) is 0.467. The van der Waals surface area contributed by atoms with E-state index >= 15 is 0 Å². The van der Waals surface area contributed by atoms with E-state index in [-0.39, 0.29) is 11.9 Å². The van der Waals surface area contributed by atoms with Crippen LogP contribution in [0.2, 0.25) is 0 Å². The van der Waals surface area contributed by atoms with Crippen LogP contribution in [0.25, 0.3) is 22.1 Å². The van der Waals surface area contributed by atoms with Gasteiger partial charge in [-0.2, -0.15) is 0 Å². The number of para-hydroxylation sites is 2. The maximum atomic E-state index is 13.3. The van der Waals surface area contributed by atoms with Crippen molar-refractivity contribution in [3.05, 3.63) is 59.7 Å². The molecular weight excluding hydrogens is 402 g/mol. The number of nitrogens with zero attached hydrogens (tertiary/aromatic N) is 3. The lowest BCUT2D eigenvalue weighted by Crippen LogP contribution is -2.47. The van der Waals surface area contributed by atoms with Crippen molar-refractivity contribution in [1.29, 1.82) is 0 Å². The summed E-state index contributed by atoms with van der Waals surface area (Å²) in [6, 6.07) is 14.5. The first-order valence-corrected chi connectivity index (χ1v) is 11.5. The standard InChI is InChI=1S/C25H29N5O2/c1-3-30(25(31)24-28-20-9-4-5-10-21(20)29-24)19-8-6-7-18(14-19)26-15-17-11-12-23-22(13-17)27-16(2)32-23/h4-5,9-13,18-19,26H,3,6-8,14-15H2,1-2H3,(H,28,29). The Bertz CT molecular complexity index is 1210. The minimum atomic E-state index is -0.0128. The molecule has 2 heterocycles. The van der Waals surface area contributed by atoms with Gasteiger partial charge in [-0.15, -0.1) is 0 Å². The lowest BCUT2D eigenvalue weighted by Gasteiger charge is -2.37. The Labute approximate surface area is 187 Å². The number of carbonyl (C=O) groups is 1. The number of aryl methyl sites for hydroxylation is 1. The first-order chi connectivity index (χ1) is 15.6. The van der Waals surface area contributed by atoms with Gasteiger partial charge in [0.05, 0.1) is 11.0 Å². The van der Waals surface area contributed by atoms with Gasteiger partial charge in [-0.1, -0.05) is 18.2 Å². The van der Waals surface area contributed by atoms with Gasteiger partial charge >= 0.3 is 0 Å². The van der Waals surface area contributed by atoms with Crippen LogP contribution >= 0.6 is 0 Å². The molecule has 1 fully saturated rings. The van der Waals surface area contributed by atoms with E-state index in [0.29, 0.717) is 24.3 Å². The van der Waals surface area contributed by atoms with Crippen LogP contribution in [0.3, 0.4) is 0 Å². The number of aromatic amines is 1. The fraction of sp³-hybridized carbons (Fsp3) is 0.400. The molecule has 4 aromatic rings. The zero-order valence-corrected chi connectivity index (χ0v) is 18.6. The summed E-state index contributed by atoms with van der Waals surface area (Å²) in [6.07, 6.45) is 4.21. The van der Waals surface area contributed by atoms with E-state index in [2.05, 4.69) is 32.4 Å². The third-order valence-corrected chi connectivity index (χ3v) is 6.43. The average molecular weight is 432 g/mol. The van der Waals surface area contributed by atoms with Gasteiger partial charge in [0.15, 0.2) is 17.3 Å². The summed E-state index contributed by atoms with van der Waals surface area (Å²) in [5, 5.41) is 3.70. The van der Waals surface area contributed by atoms with E-state index in [9.17, 15) is 4.79 Å². The minimum absolute atomic E-state index is 0.0128. The molecule has 2 aromatic heterocycles. The molecule has 0 bridgehead atoms. The molecule has 1 aliphatic carbocycles. The van der Waals surface area contributed by atoms with Crippen LogP contribution < -0.4 is 5.32 Å². The number of amides is 1. The number of hydrogen-bond donors (Lipinski definition) is 2. The monoisotopic (exact) mass is 431 g/mol. The first kappa shape index (κ1) is 20.7. The summed E-state index contributed by atoms with van der Waals surface area (Å²) < 4.78 is 5.57. The largest absolute Gasteiger partial charge is 0.441 e. The topological polar surface area (TPSA) is 87.0 Å². The third-order valence-electron chi connectivity index (χ3n) is 6.43. The van der Waals surface area contributed by atoms with Crippen LogP contribution in [0.5, 0.6) is 0 Å². The van der Waals surface area contributed by atoms with Gasteiger partial charge in [0.2, 0.25) is 0 Å². The molecule has 0 radical (unpaired) electrons. The molecule has 1 amide bonds. The number of H-pyrrole nitrogens is 1. The van der Waals surface area contributed by atoms with E-state index in [1.165, 1.54) is 5.56 Å². The number of carbonyl (C=O) groups excluding carboxylic acids is 1. The maximum absolute atomic E-state index is 13.3. The van der Waals surface area contributed by atoms with Crippen LogP contribution in [0.1, 0.15) is 54.7 Å². The lowest BCUT2D eigenvalue weighted by atomic mass is 9.89. The Morgan fingerprint density at radius 1 is 1.19 bits per heavy atom. The Balaban J connectivity index is 1.24. The Morgan fingerprint density at radius 3 is 2.91 bits per heavy atom. The van der Waals surface area contributed by atoms with Crippen molar-refractivity contribution in [1.82, 2.24) is 25.2 Å². The molecule has 1 saturated carbocycles. The maximum Gasteiger partial charge on any atom is 0.289 e. The highest BCUT2D eigenvalue weighted by molar-refractivity contribution is 5.94. The number of imidazole rings is 1. The fourth-order valence-corrected chi connectivity index (χ4v) is 4.85. The molecular formula is C25H29N5O2. The molecule has 2 N–H and O–H groups in total. The van der Waals surface area contributed by atoms with E-state index in [4.69, 9.17) is 4.42 Å². The van der Waals surface area contributed by atoms with Crippen LogP contribution in [0, 0.1) is 6.92 Å². The highest BCUT2D eigenvalue weighted by Gasteiger charge is 2.30. The van der Waals surface area contributed by atoms with Crippen LogP contribution in [-0.4, -0.2) is 44.4 Å². The molecule has 2 atom stereocenters. The lowest BCUT2D eigenvalue weighted by molar-refractivity contribution is 0.0617. The van der Waals surface area contributed by atoms with Crippen molar-refractivity contribution >= 4 is 28.0 Å². The first-order valence-electron chi connectivity index (χ1n) is 11.5. The van der Waals surface area contributed by atoms with Crippen LogP contribution in [0.4, 0.5) is 0 Å². The molecule has 2 unspecified atom stereocenters. The number of fused-ring (bicyclic) bond motifs is 2. The second kappa shape index (κ2) is 8.74. The van der Waals surface area contributed by atoms with Gasteiger partial charge in [0, 0.05) is 32.1 Å². The summed E-state index contributed by atoms with van der Waals surface area (Å²) in [4.78, 5) is 27.4. The number of hydrogen-bond acceptors (Lipinski definition) is 5. The SMILES string of the molecule is CCN(C(=O)c1nc2ccccc2[nH]1)C1CCCC(NCc2ccc3oc(C)nc3c2)C1. The van der Waals surface area contributed by atoms with E-state index < -0.39 is 0 Å². The Kier molecular flexibility index (Phi) is 5.66. The summed E-state index contributed by atoms with van der Waals surface area (Å²) in [6.45, 7) is 5.37. The van der Waals surface area contributed by atoms with Gasteiger partial charge in [0.25, 0.3) is 5.91 Å². The summed E-state index contributed by atoms with van der Waals surface area (Å²) in [7, 11) is 0. The highest BCUT2D eigenvalue weighted by atomic mass is 16.3. The smallest absolute Gasteiger partial charge is 0.289 e. The molecule has 2 aromatic carbocycles. The number of nitrogens with one attached hydrogen (secondary N) is 2. The van der Waals surface area contributed by atoms with Gasteiger partial charge in [-0.3, -0.25) is 4.79 Å². The van der Waals surface area contributed by atoms with Gasteiger partial charge in [-0.05, 0) is 62.4 Å². The predicted octanol–water partition coefficient (Wildman–Crippen LogP) is 4.58. The van der Waals surface area contributed by atoms with Crippen molar-refractivity contribution in [2.24, 2.45) is 0 Å². The Hall–Kier alpha value is -3.19. The van der Waals surface area contributed by atoms with Crippen molar-refractivity contribution in [3.63, 3.8) is 0 Å². The number of rotatable bonds is 6. The van der Waals surface area contributed by atoms with Gasteiger partial charge < -0.3 is 19.6 Å². The normalized spacial score (nSPS) is 18.9. The molecule has 0 aliphatic heterocycles. The zero-order chi connectivity index (χ0) is 22.1. The molecule has 0 saturated heterocycles. The summed E-state index contributed by atoms with van der Waals surface area (Å²) in [5.41, 5.74) is 4.64. The second-order valence-electron chi connectivity index (χ2n) is 8.63. The molecule has 7 nitrogen and oxygen atoms in total. The molecule has 0 spiro atoms. The molecule has 166 valence electrons. The minimum Gasteiger partial charge on any atom is -0.441 e. The van der Waals surface area contributed by atoms with Crippen LogP contribution in [-0.2, 0) is 6.54 Å². The number of benzene rings is 2. The highest BCUT2D eigenvalue weighted by Crippen LogP contribution is 2.25. The molecule has 32 heavy (non-hydrogen) atoms. The summed E-state index contributed by atoms with van der Waals surface area (Å²) in [5.74, 6) is 1.11. The fourth-order valence-electron chi connectivity index (χ4n) is 4.85. The second-order valence-corrected chi connectivity index (χ2v) is 8.63. The van der Waals surface area contributed by atoms with Gasteiger partial charge in [0.1, 0.15) is 5.52 Å². The molecule has 5 rings (SSSR count). The van der Waals surface area contributed by atoms with Crippen molar-refractivity contribution in [3.8, 4) is 0 Å². The van der Waals surface area contributed by atoms with E-state index in [1.54, 1.807) is 0 Å². The van der Waals surface area contributed by atoms with E-state index in [0.717, 1.165) is 54.4 Å². The third kappa shape index (κ3) is 4.12. The summed E-state index contributed by atoms with van der Waals surface area (Å²) >= 11 is 0. The molecule has 7 heteroatoms. The van der Waals surface area contributed by atoms with Crippen molar-refractivity contribution < 1.29 is 9.21 Å². The number of aromatic nitrogens is 3. The average Bonchev–Trinajstić information content (AvgIpc) is 3.40. The Morgan fingerprint density at radius 2 is 2.06 bits per heavy atom. The van der Waals surface area contributed by atoms with Crippen LogP contribution in [0.15, 0.2) is 46.9 Å². The molecule has 1 aliphatic rings. The van der Waals surface area contributed by atoms with Gasteiger partial charge in [-0.25, -0.2) is 9.97 Å². The number of oxazole rings is 1. The predicted molar refractivity (Wildman–Crippen MR) is 124 cm³/mol.